The summed E-state index contributed by atoms with van der Waals surface area (Å²) in [6.07, 6.45) is 4.04. The third-order valence-electron chi connectivity index (χ3n) is 5.10. The smallest absolute Gasteiger partial charge is 0.315 e. The lowest BCUT2D eigenvalue weighted by Crippen LogP contribution is -2.55. The van der Waals surface area contributed by atoms with E-state index in [9.17, 15) is 9.59 Å². The maximum atomic E-state index is 12.5. The predicted molar refractivity (Wildman–Crippen MR) is 116 cm³/mol. The molecule has 3 N–H and O–H groups in total. The van der Waals surface area contributed by atoms with Crippen molar-refractivity contribution < 1.29 is 9.59 Å². The monoisotopic (exact) mass is 433 g/mol. The third-order valence-corrected chi connectivity index (χ3v) is 5.72. The molecule has 0 aromatic heterocycles. The second-order valence-electron chi connectivity index (χ2n) is 7.29. The summed E-state index contributed by atoms with van der Waals surface area (Å²) in [6, 6.07) is 14.2. The molecule has 3 rings (SSSR count). The van der Waals surface area contributed by atoms with Gasteiger partial charge in [-0.1, -0.05) is 66.4 Å². The highest BCUT2D eigenvalue weighted by atomic mass is 35.5. The number of hydrogen-bond donors (Lipinski definition) is 3. The molecular formula is C22H25Cl2N3O2. The van der Waals surface area contributed by atoms with E-state index in [1.165, 1.54) is 0 Å². The number of carbonyl (C=O) groups excluding carboxylic acids is 2. The van der Waals surface area contributed by atoms with Gasteiger partial charge in [-0.3, -0.25) is 4.79 Å². The van der Waals surface area contributed by atoms with Crippen molar-refractivity contribution in [2.24, 2.45) is 0 Å². The second kappa shape index (κ2) is 10.5. The van der Waals surface area contributed by atoms with Crippen molar-refractivity contribution in [2.75, 3.05) is 0 Å². The molecule has 0 spiro atoms. The van der Waals surface area contributed by atoms with E-state index in [2.05, 4.69) is 16.0 Å². The molecule has 2 atom stereocenters. The minimum atomic E-state index is -0.256. The Bertz CT molecular complexity index is 842. The molecule has 0 aliphatic heterocycles. The van der Waals surface area contributed by atoms with Crippen LogP contribution in [0.15, 0.2) is 48.5 Å². The van der Waals surface area contributed by atoms with Crippen LogP contribution < -0.4 is 16.0 Å². The Morgan fingerprint density at radius 3 is 2.24 bits per heavy atom. The Morgan fingerprint density at radius 2 is 1.55 bits per heavy atom. The molecule has 29 heavy (non-hydrogen) atoms. The maximum absolute atomic E-state index is 12.5. The molecule has 0 saturated heterocycles. The molecule has 7 heteroatoms. The van der Waals surface area contributed by atoms with Crippen molar-refractivity contribution >= 4 is 35.1 Å². The van der Waals surface area contributed by atoms with E-state index in [1.807, 2.05) is 30.3 Å². The van der Waals surface area contributed by atoms with Crippen molar-refractivity contribution in [3.05, 3.63) is 69.7 Å². The SMILES string of the molecule is O=C(Cc1ccc(Cl)cc1)NC1CCCCC1NC(=O)NCc1ccccc1Cl. The molecule has 1 fully saturated rings. The number of halogens is 2. The van der Waals surface area contributed by atoms with E-state index in [1.54, 1.807) is 18.2 Å². The Labute approximate surface area is 181 Å². The van der Waals surface area contributed by atoms with Crippen LogP contribution in [0.2, 0.25) is 10.0 Å². The average molecular weight is 434 g/mol. The minimum Gasteiger partial charge on any atom is -0.351 e. The summed E-state index contributed by atoms with van der Waals surface area (Å²) in [5.74, 6) is -0.0532. The summed E-state index contributed by atoms with van der Waals surface area (Å²) in [5.41, 5.74) is 1.77. The van der Waals surface area contributed by atoms with Crippen LogP contribution in [-0.4, -0.2) is 24.0 Å². The molecule has 2 aromatic rings. The molecule has 1 aliphatic rings. The lowest BCUT2D eigenvalue weighted by molar-refractivity contribution is -0.121. The summed E-state index contributed by atoms with van der Waals surface area (Å²) < 4.78 is 0. The fourth-order valence-corrected chi connectivity index (χ4v) is 3.89. The van der Waals surface area contributed by atoms with E-state index in [0.717, 1.165) is 36.8 Å². The van der Waals surface area contributed by atoms with Crippen LogP contribution in [0, 0.1) is 0 Å². The van der Waals surface area contributed by atoms with Gasteiger partial charge in [0.15, 0.2) is 0 Å². The number of rotatable bonds is 6. The summed E-state index contributed by atoms with van der Waals surface area (Å²) in [7, 11) is 0. The molecule has 0 heterocycles. The van der Waals surface area contributed by atoms with Crippen LogP contribution >= 0.6 is 23.2 Å². The molecule has 2 aromatic carbocycles. The molecule has 0 radical (unpaired) electrons. The van der Waals surface area contributed by atoms with E-state index in [0.29, 0.717) is 23.0 Å². The average Bonchev–Trinajstić information content (AvgIpc) is 2.70. The van der Waals surface area contributed by atoms with Gasteiger partial charge in [-0.15, -0.1) is 0 Å². The first-order chi connectivity index (χ1) is 14.0. The van der Waals surface area contributed by atoms with Crippen LogP contribution in [0.25, 0.3) is 0 Å². The Kier molecular flexibility index (Phi) is 7.78. The van der Waals surface area contributed by atoms with Gasteiger partial charge in [0.2, 0.25) is 5.91 Å². The van der Waals surface area contributed by atoms with Crippen LogP contribution in [0.5, 0.6) is 0 Å². The Hall–Kier alpha value is -2.24. The standard InChI is InChI=1S/C22H25Cl2N3O2/c23-17-11-9-15(10-12-17)13-21(28)26-19-7-3-4-8-20(19)27-22(29)25-14-16-5-1-2-6-18(16)24/h1-2,5-6,9-12,19-20H,3-4,7-8,13-14H2,(H,26,28)(H2,25,27,29). The maximum Gasteiger partial charge on any atom is 0.315 e. The van der Waals surface area contributed by atoms with Crippen LogP contribution in [0.4, 0.5) is 4.79 Å². The van der Waals surface area contributed by atoms with Gasteiger partial charge in [0, 0.05) is 22.6 Å². The largest absolute Gasteiger partial charge is 0.351 e. The normalized spacial score (nSPS) is 18.7. The first-order valence-electron chi connectivity index (χ1n) is 9.83. The molecule has 3 amide bonds. The van der Waals surface area contributed by atoms with Crippen LogP contribution in [-0.2, 0) is 17.8 Å². The molecule has 2 unspecified atom stereocenters. The predicted octanol–water partition coefficient (Wildman–Crippen LogP) is 4.46. The van der Waals surface area contributed by atoms with Crippen molar-refractivity contribution in [3.63, 3.8) is 0 Å². The zero-order valence-corrected chi connectivity index (χ0v) is 17.6. The van der Waals surface area contributed by atoms with Crippen LogP contribution in [0.3, 0.4) is 0 Å². The fraction of sp³-hybridized carbons (Fsp3) is 0.364. The highest BCUT2D eigenvalue weighted by molar-refractivity contribution is 6.31. The number of urea groups is 1. The van der Waals surface area contributed by atoms with Gasteiger partial charge in [-0.25, -0.2) is 4.79 Å². The lowest BCUT2D eigenvalue weighted by Gasteiger charge is -2.32. The zero-order valence-electron chi connectivity index (χ0n) is 16.1. The topological polar surface area (TPSA) is 70.2 Å². The first kappa shape index (κ1) is 21.5. The summed E-state index contributed by atoms with van der Waals surface area (Å²) in [5, 5.41) is 10.2. The fourth-order valence-electron chi connectivity index (χ4n) is 3.56. The van der Waals surface area contributed by atoms with E-state index in [-0.39, 0.29) is 24.0 Å². The molecule has 5 nitrogen and oxygen atoms in total. The second-order valence-corrected chi connectivity index (χ2v) is 8.13. The number of hydrogen-bond acceptors (Lipinski definition) is 2. The highest BCUT2D eigenvalue weighted by Gasteiger charge is 2.27. The first-order valence-corrected chi connectivity index (χ1v) is 10.6. The third kappa shape index (κ3) is 6.65. The van der Waals surface area contributed by atoms with Crippen LogP contribution in [0.1, 0.15) is 36.8 Å². The highest BCUT2D eigenvalue weighted by Crippen LogP contribution is 2.19. The summed E-state index contributed by atoms with van der Waals surface area (Å²) in [6.45, 7) is 0.353. The summed E-state index contributed by atoms with van der Waals surface area (Å²) >= 11 is 12.0. The molecule has 0 bridgehead atoms. The van der Waals surface area contributed by atoms with E-state index in [4.69, 9.17) is 23.2 Å². The van der Waals surface area contributed by atoms with Gasteiger partial charge in [0.05, 0.1) is 12.5 Å². The van der Waals surface area contributed by atoms with Crippen molar-refractivity contribution in [2.45, 2.75) is 50.7 Å². The van der Waals surface area contributed by atoms with Gasteiger partial charge < -0.3 is 16.0 Å². The summed E-state index contributed by atoms with van der Waals surface area (Å²) in [4.78, 5) is 24.8. The van der Waals surface area contributed by atoms with Gasteiger partial charge >= 0.3 is 6.03 Å². The van der Waals surface area contributed by atoms with Gasteiger partial charge in [0.25, 0.3) is 0 Å². The number of benzene rings is 2. The minimum absolute atomic E-state index is 0.0532. The Morgan fingerprint density at radius 1 is 0.897 bits per heavy atom. The quantitative estimate of drug-likeness (QED) is 0.628. The van der Waals surface area contributed by atoms with Gasteiger partial charge in [-0.2, -0.15) is 0 Å². The number of nitrogens with one attached hydrogen (secondary N) is 3. The lowest BCUT2D eigenvalue weighted by atomic mass is 9.90. The molecule has 154 valence electrons. The van der Waals surface area contributed by atoms with Crippen molar-refractivity contribution in [1.29, 1.82) is 0 Å². The zero-order chi connectivity index (χ0) is 20.6. The van der Waals surface area contributed by atoms with Crippen molar-refractivity contribution in [1.82, 2.24) is 16.0 Å². The molecule has 1 saturated carbocycles. The van der Waals surface area contributed by atoms with Crippen molar-refractivity contribution in [3.8, 4) is 0 Å². The molecular weight excluding hydrogens is 409 g/mol. The number of amides is 3. The Balaban J connectivity index is 1.50. The molecule has 1 aliphatic carbocycles. The van der Waals surface area contributed by atoms with Gasteiger partial charge in [0.1, 0.15) is 0 Å². The van der Waals surface area contributed by atoms with Gasteiger partial charge in [-0.05, 0) is 42.2 Å². The van der Waals surface area contributed by atoms with E-state index < -0.39 is 0 Å². The number of carbonyl (C=O) groups is 2. The van der Waals surface area contributed by atoms with E-state index >= 15 is 0 Å².